The van der Waals surface area contributed by atoms with Crippen LogP contribution in [0.25, 0.3) is 0 Å². The van der Waals surface area contributed by atoms with Gasteiger partial charge in [-0.25, -0.2) is 20.3 Å². The average Bonchev–Trinajstić information content (AvgIpc) is 2.95. The second kappa shape index (κ2) is 3.69. The molecule has 2 atom stereocenters. The lowest BCUT2D eigenvalue weighted by atomic mass is 10.4. The van der Waals surface area contributed by atoms with Gasteiger partial charge in [0.2, 0.25) is 18.4 Å². The van der Waals surface area contributed by atoms with Crippen molar-refractivity contribution in [1.29, 1.82) is 0 Å². The Balaban J connectivity index is 1.92. The molecule has 0 aromatic carbocycles. The summed E-state index contributed by atoms with van der Waals surface area (Å²) in [5, 5.41) is 0.932. The van der Waals surface area contributed by atoms with Gasteiger partial charge < -0.3 is 9.47 Å². The maximum atomic E-state index is 5.44. The molecule has 0 radical (unpaired) electrons. The molecule has 0 amide bonds. The summed E-state index contributed by atoms with van der Waals surface area (Å²) in [6.45, 7) is 4.43. The van der Waals surface area contributed by atoms with E-state index in [4.69, 9.17) is 14.3 Å². The molecule has 6 nitrogen and oxygen atoms in total. The summed E-state index contributed by atoms with van der Waals surface area (Å²) in [5.74, 6) is 1.23. The molecule has 1 aromatic rings. The number of aliphatic imine (C=N–C) groups is 1. The Morgan fingerprint density at radius 2 is 2.44 bits per heavy atom. The van der Waals surface area contributed by atoms with Crippen LogP contribution >= 0.6 is 11.3 Å². The number of hydrogen-bond donors (Lipinski definition) is 1. The van der Waals surface area contributed by atoms with E-state index in [1.165, 1.54) is 11.3 Å². The number of hydroxylamine groups is 1. The maximum absolute atomic E-state index is 5.44. The van der Waals surface area contributed by atoms with Crippen molar-refractivity contribution in [3.05, 3.63) is 9.88 Å². The maximum Gasteiger partial charge on any atom is 0.236 e. The number of aromatic nitrogens is 1. The Hall–Kier alpha value is -1.18. The number of hydrogen-bond acceptors (Lipinski definition) is 7. The molecule has 0 spiro atoms. The van der Waals surface area contributed by atoms with Crippen LogP contribution in [0.15, 0.2) is 4.99 Å². The van der Waals surface area contributed by atoms with Gasteiger partial charge >= 0.3 is 0 Å². The van der Waals surface area contributed by atoms with Gasteiger partial charge in [-0.05, 0) is 13.8 Å². The highest BCUT2D eigenvalue weighted by Gasteiger charge is 2.45. The van der Waals surface area contributed by atoms with Crippen LogP contribution in [0.1, 0.15) is 16.8 Å². The zero-order valence-corrected chi connectivity index (χ0v) is 9.71. The predicted octanol–water partition coefficient (Wildman–Crippen LogP) is 0.814. The van der Waals surface area contributed by atoms with Crippen molar-refractivity contribution in [3.63, 3.8) is 0 Å². The van der Waals surface area contributed by atoms with E-state index >= 15 is 0 Å². The van der Waals surface area contributed by atoms with Crippen molar-refractivity contribution in [1.82, 2.24) is 10.5 Å². The van der Waals surface area contributed by atoms with E-state index in [2.05, 4.69) is 15.5 Å². The summed E-state index contributed by atoms with van der Waals surface area (Å²) in [6.07, 6.45) is -0.401. The number of ether oxygens (including phenoxy) is 2. The molecule has 1 saturated heterocycles. The molecule has 1 N–H and O–H groups in total. The third kappa shape index (κ3) is 1.66. The molecule has 0 bridgehead atoms. The van der Waals surface area contributed by atoms with Crippen molar-refractivity contribution in [2.75, 3.05) is 6.61 Å². The van der Waals surface area contributed by atoms with Crippen LogP contribution in [0.3, 0.4) is 0 Å². The standard InChI is InChI=1S/C9H11N3O3S/c1-3-13-7-5(16-4(2)10-7)6-11-8-9(14-8)15-12-6/h8-9H,3H2,1-2H3,(H,11,12). The SMILES string of the molecule is CCOc1nc(C)sc1C1=NC2OC2ON1. The molecule has 1 aromatic heterocycles. The molecule has 7 heteroatoms. The summed E-state index contributed by atoms with van der Waals surface area (Å²) in [5.41, 5.74) is 2.75. The number of rotatable bonds is 3. The largest absolute Gasteiger partial charge is 0.477 e. The molecule has 3 rings (SSSR count). The molecule has 86 valence electrons. The number of nitrogens with zero attached hydrogens (tertiary/aromatic N) is 2. The summed E-state index contributed by atoms with van der Waals surface area (Å²) in [6, 6.07) is 0. The summed E-state index contributed by atoms with van der Waals surface area (Å²) >= 11 is 1.52. The highest BCUT2D eigenvalue weighted by molar-refractivity contribution is 7.14. The highest BCUT2D eigenvalue weighted by atomic mass is 32.1. The molecular formula is C9H11N3O3S. The zero-order chi connectivity index (χ0) is 11.1. The fourth-order valence-corrected chi connectivity index (χ4v) is 2.24. The number of fused-ring (bicyclic) bond motifs is 1. The minimum atomic E-state index is -0.228. The molecule has 0 saturated carbocycles. The second-order valence-corrected chi connectivity index (χ2v) is 4.60. The summed E-state index contributed by atoms with van der Waals surface area (Å²) in [4.78, 5) is 14.7. The Morgan fingerprint density at radius 1 is 1.56 bits per heavy atom. The van der Waals surface area contributed by atoms with Crippen molar-refractivity contribution in [2.45, 2.75) is 26.4 Å². The van der Waals surface area contributed by atoms with Gasteiger partial charge in [0.15, 0.2) is 5.84 Å². The first kappa shape index (κ1) is 10.0. The lowest BCUT2D eigenvalue weighted by Crippen LogP contribution is -2.30. The first-order valence-electron chi connectivity index (χ1n) is 5.03. The average molecular weight is 241 g/mol. The van der Waals surface area contributed by atoms with Gasteiger partial charge in [0.1, 0.15) is 4.88 Å². The third-order valence-electron chi connectivity index (χ3n) is 2.16. The van der Waals surface area contributed by atoms with Crippen LogP contribution in [0.4, 0.5) is 0 Å². The number of nitrogens with one attached hydrogen (secondary N) is 1. The Labute approximate surface area is 96.2 Å². The van der Waals surface area contributed by atoms with Gasteiger partial charge in [-0.15, -0.1) is 11.3 Å². The minimum Gasteiger partial charge on any atom is -0.477 e. The third-order valence-corrected chi connectivity index (χ3v) is 3.12. The minimum absolute atomic E-state index is 0.173. The highest BCUT2D eigenvalue weighted by Crippen LogP contribution is 2.31. The van der Waals surface area contributed by atoms with Crippen LogP contribution in [0, 0.1) is 6.92 Å². The molecule has 2 unspecified atom stereocenters. The van der Waals surface area contributed by atoms with E-state index in [1.807, 2.05) is 13.8 Å². The van der Waals surface area contributed by atoms with Gasteiger partial charge in [0, 0.05) is 0 Å². The van der Waals surface area contributed by atoms with E-state index in [0.29, 0.717) is 18.3 Å². The number of epoxide rings is 1. The quantitative estimate of drug-likeness (QED) is 0.793. The number of amidine groups is 1. The lowest BCUT2D eigenvalue weighted by molar-refractivity contribution is 0.00903. The lowest BCUT2D eigenvalue weighted by Gasteiger charge is -2.10. The van der Waals surface area contributed by atoms with Crippen molar-refractivity contribution in [2.24, 2.45) is 4.99 Å². The van der Waals surface area contributed by atoms with Gasteiger partial charge in [-0.2, -0.15) is 0 Å². The molecule has 16 heavy (non-hydrogen) atoms. The van der Waals surface area contributed by atoms with Crippen LogP contribution in [0.2, 0.25) is 0 Å². The molecule has 3 heterocycles. The summed E-state index contributed by atoms with van der Waals surface area (Å²) in [7, 11) is 0. The van der Waals surface area contributed by atoms with Gasteiger partial charge in [-0.3, -0.25) is 0 Å². The van der Waals surface area contributed by atoms with E-state index in [9.17, 15) is 0 Å². The second-order valence-electron chi connectivity index (χ2n) is 3.39. The van der Waals surface area contributed by atoms with E-state index in [1.54, 1.807) is 0 Å². The molecule has 0 aliphatic carbocycles. The fraction of sp³-hybridized carbons (Fsp3) is 0.556. The Morgan fingerprint density at radius 3 is 3.19 bits per heavy atom. The van der Waals surface area contributed by atoms with E-state index in [-0.39, 0.29) is 12.5 Å². The fourth-order valence-electron chi connectivity index (χ4n) is 1.43. The van der Waals surface area contributed by atoms with Crippen molar-refractivity contribution in [3.8, 4) is 5.88 Å². The zero-order valence-electron chi connectivity index (χ0n) is 8.89. The van der Waals surface area contributed by atoms with Crippen molar-refractivity contribution >= 4 is 17.2 Å². The smallest absolute Gasteiger partial charge is 0.236 e. The molecule has 2 aliphatic heterocycles. The molecule has 2 aliphatic rings. The van der Waals surface area contributed by atoms with Crippen LogP contribution in [0.5, 0.6) is 5.88 Å². The predicted molar refractivity (Wildman–Crippen MR) is 57.4 cm³/mol. The molecular weight excluding hydrogens is 230 g/mol. The first-order chi connectivity index (χ1) is 7.78. The van der Waals surface area contributed by atoms with Gasteiger partial charge in [0.05, 0.1) is 11.6 Å². The van der Waals surface area contributed by atoms with Crippen LogP contribution in [-0.4, -0.2) is 29.9 Å². The topological polar surface area (TPSA) is 68.3 Å². The van der Waals surface area contributed by atoms with Crippen LogP contribution < -0.4 is 10.2 Å². The van der Waals surface area contributed by atoms with E-state index < -0.39 is 0 Å². The number of thiazole rings is 1. The van der Waals surface area contributed by atoms with Crippen molar-refractivity contribution < 1.29 is 14.3 Å². The van der Waals surface area contributed by atoms with Gasteiger partial charge in [0.25, 0.3) is 0 Å². The number of aryl methyl sites for hydroxylation is 1. The normalized spacial score (nSPS) is 26.8. The monoisotopic (exact) mass is 241 g/mol. The van der Waals surface area contributed by atoms with Crippen LogP contribution in [-0.2, 0) is 9.57 Å². The Kier molecular flexibility index (Phi) is 2.31. The molecule has 1 fully saturated rings. The van der Waals surface area contributed by atoms with E-state index in [0.717, 1.165) is 9.88 Å². The van der Waals surface area contributed by atoms with Gasteiger partial charge in [-0.1, -0.05) is 0 Å². The Bertz CT molecular complexity index is 445. The summed E-state index contributed by atoms with van der Waals surface area (Å²) < 4.78 is 10.5. The first-order valence-corrected chi connectivity index (χ1v) is 5.85.